The molecule has 0 unspecified atom stereocenters. The van der Waals surface area contributed by atoms with Crippen LogP contribution in [0.1, 0.15) is 24.3 Å². The molecule has 0 bridgehead atoms. The smallest absolute Gasteiger partial charge is 0.138 e. The Morgan fingerprint density at radius 2 is 1.92 bits per heavy atom. The third kappa shape index (κ3) is 2.47. The molecule has 1 aliphatic carbocycles. The fourth-order valence-electron chi connectivity index (χ4n) is 3.40. The molecule has 1 fully saturated rings. The number of H-pyrrole nitrogens is 1. The van der Waals surface area contributed by atoms with Crippen LogP contribution in [0.3, 0.4) is 0 Å². The summed E-state index contributed by atoms with van der Waals surface area (Å²) in [5, 5.41) is 12.9. The number of hydrogen-bond acceptors (Lipinski definition) is 4. The fourth-order valence-corrected chi connectivity index (χ4v) is 4.85. The van der Waals surface area contributed by atoms with Crippen molar-refractivity contribution >= 4 is 34.0 Å². The predicted molar refractivity (Wildman–Crippen MR) is 105 cm³/mol. The van der Waals surface area contributed by atoms with E-state index in [9.17, 15) is 5.11 Å². The minimum atomic E-state index is -0.755. The molecule has 1 aliphatic rings. The summed E-state index contributed by atoms with van der Waals surface area (Å²) in [6.07, 6.45) is 6.08. The Bertz CT molecular complexity index is 1100. The lowest BCUT2D eigenvalue weighted by Gasteiger charge is -2.34. The van der Waals surface area contributed by atoms with Gasteiger partial charge < -0.3 is 10.1 Å². The molecule has 2 N–H and O–H groups in total. The number of hydrogen-bond donors (Lipinski definition) is 2. The van der Waals surface area contributed by atoms with E-state index in [0.29, 0.717) is 5.02 Å². The standard InChI is InChI=1S/C20H16ClN3OS/c21-14-10-22-18-13(9-15(24-18)12-5-2-1-3-6-12)17(14)16-11-23-19(26-16)20(25)7-4-8-20/h1-3,5-6,9-11,25H,4,7-8H2,(H,22,24). The number of benzene rings is 1. The van der Waals surface area contributed by atoms with Crippen LogP contribution in [-0.2, 0) is 5.60 Å². The maximum absolute atomic E-state index is 10.6. The first-order valence-corrected chi connectivity index (χ1v) is 9.75. The quantitative estimate of drug-likeness (QED) is 0.501. The highest BCUT2D eigenvalue weighted by Gasteiger charge is 2.39. The van der Waals surface area contributed by atoms with Crippen molar-refractivity contribution in [3.8, 4) is 21.7 Å². The topological polar surface area (TPSA) is 61.8 Å². The third-order valence-corrected chi connectivity index (χ3v) is 6.52. The summed E-state index contributed by atoms with van der Waals surface area (Å²) < 4.78 is 0. The Morgan fingerprint density at radius 3 is 2.65 bits per heavy atom. The van der Waals surface area contributed by atoms with Crippen LogP contribution in [0, 0.1) is 0 Å². The Morgan fingerprint density at radius 1 is 1.12 bits per heavy atom. The van der Waals surface area contributed by atoms with Gasteiger partial charge in [-0.2, -0.15) is 0 Å². The molecule has 1 saturated carbocycles. The summed E-state index contributed by atoms with van der Waals surface area (Å²) in [5.74, 6) is 0. The van der Waals surface area contributed by atoms with Crippen LogP contribution in [0.15, 0.2) is 48.8 Å². The van der Waals surface area contributed by atoms with E-state index < -0.39 is 5.60 Å². The van der Waals surface area contributed by atoms with Gasteiger partial charge in [0.15, 0.2) is 0 Å². The Kier molecular flexibility index (Phi) is 3.64. The lowest BCUT2D eigenvalue weighted by atomic mass is 9.81. The van der Waals surface area contributed by atoms with Crippen molar-refractivity contribution in [3.05, 3.63) is 58.8 Å². The molecule has 0 amide bonds. The number of aliphatic hydroxyl groups is 1. The van der Waals surface area contributed by atoms with Crippen LogP contribution in [0.5, 0.6) is 0 Å². The number of nitrogens with zero attached hydrogens (tertiary/aromatic N) is 2. The van der Waals surface area contributed by atoms with Gasteiger partial charge in [-0.1, -0.05) is 41.9 Å². The number of aromatic nitrogens is 3. The normalized spacial score (nSPS) is 15.9. The van der Waals surface area contributed by atoms with Gasteiger partial charge in [0.2, 0.25) is 0 Å². The van der Waals surface area contributed by atoms with Crippen molar-refractivity contribution in [2.24, 2.45) is 0 Å². The molecule has 26 heavy (non-hydrogen) atoms. The number of thiazole rings is 1. The third-order valence-electron chi connectivity index (χ3n) is 5.03. The number of rotatable bonds is 3. The number of fused-ring (bicyclic) bond motifs is 1. The maximum atomic E-state index is 10.6. The molecule has 0 radical (unpaired) electrons. The Balaban J connectivity index is 1.65. The lowest BCUT2D eigenvalue weighted by molar-refractivity contribution is -0.0389. The fraction of sp³-hybridized carbons (Fsp3) is 0.200. The van der Waals surface area contributed by atoms with Crippen molar-refractivity contribution < 1.29 is 5.11 Å². The molecule has 4 aromatic rings. The molecular formula is C20H16ClN3OS. The molecule has 0 aliphatic heterocycles. The zero-order chi connectivity index (χ0) is 17.7. The zero-order valence-electron chi connectivity index (χ0n) is 13.9. The van der Waals surface area contributed by atoms with E-state index in [1.165, 1.54) is 11.3 Å². The van der Waals surface area contributed by atoms with Crippen molar-refractivity contribution in [1.82, 2.24) is 15.0 Å². The molecule has 3 heterocycles. The van der Waals surface area contributed by atoms with E-state index in [2.05, 4.69) is 33.2 Å². The summed E-state index contributed by atoms with van der Waals surface area (Å²) in [5.41, 5.74) is 3.05. The van der Waals surface area contributed by atoms with Crippen molar-refractivity contribution in [1.29, 1.82) is 0 Å². The van der Waals surface area contributed by atoms with Crippen LogP contribution in [0.2, 0.25) is 5.02 Å². The second-order valence-corrected chi connectivity index (χ2v) is 8.15. The zero-order valence-corrected chi connectivity index (χ0v) is 15.4. The molecule has 0 spiro atoms. The van der Waals surface area contributed by atoms with Crippen molar-refractivity contribution in [2.45, 2.75) is 24.9 Å². The highest BCUT2D eigenvalue weighted by Crippen LogP contribution is 2.46. The molecule has 4 nitrogen and oxygen atoms in total. The molecular weight excluding hydrogens is 366 g/mol. The molecule has 1 aromatic carbocycles. The first-order chi connectivity index (χ1) is 12.6. The summed E-state index contributed by atoms with van der Waals surface area (Å²) in [4.78, 5) is 13.3. The first kappa shape index (κ1) is 16.0. The van der Waals surface area contributed by atoms with Gasteiger partial charge in [0.1, 0.15) is 16.3 Å². The van der Waals surface area contributed by atoms with E-state index in [1.54, 1.807) is 6.20 Å². The second kappa shape index (κ2) is 5.91. The predicted octanol–water partition coefficient (Wildman–Crippen LogP) is 5.38. The van der Waals surface area contributed by atoms with Gasteiger partial charge in [-0.15, -0.1) is 11.3 Å². The van der Waals surface area contributed by atoms with Gasteiger partial charge in [0.25, 0.3) is 0 Å². The van der Waals surface area contributed by atoms with E-state index in [1.807, 2.05) is 24.4 Å². The summed E-state index contributed by atoms with van der Waals surface area (Å²) in [7, 11) is 0. The van der Waals surface area contributed by atoms with Gasteiger partial charge >= 0.3 is 0 Å². The highest BCUT2D eigenvalue weighted by molar-refractivity contribution is 7.15. The van der Waals surface area contributed by atoms with E-state index in [4.69, 9.17) is 11.6 Å². The molecule has 6 heteroatoms. The minimum Gasteiger partial charge on any atom is -0.383 e. The summed E-state index contributed by atoms with van der Waals surface area (Å²) >= 11 is 8.02. The van der Waals surface area contributed by atoms with Gasteiger partial charge in [-0.3, -0.25) is 0 Å². The Labute approximate surface area is 159 Å². The Hall–Kier alpha value is -2.21. The van der Waals surface area contributed by atoms with E-state index >= 15 is 0 Å². The average Bonchev–Trinajstić information content (AvgIpc) is 3.28. The molecule has 5 rings (SSSR count). The van der Waals surface area contributed by atoms with E-state index in [0.717, 1.165) is 57.0 Å². The lowest BCUT2D eigenvalue weighted by Crippen LogP contribution is -2.33. The van der Waals surface area contributed by atoms with Gasteiger partial charge in [-0.05, 0) is 30.9 Å². The van der Waals surface area contributed by atoms with Crippen molar-refractivity contribution in [2.75, 3.05) is 0 Å². The van der Waals surface area contributed by atoms with Gasteiger partial charge in [0, 0.05) is 29.0 Å². The average molecular weight is 382 g/mol. The SMILES string of the molecule is OC1(c2ncc(-c3c(Cl)cnc4[nH]c(-c5ccccc5)cc34)s2)CCC1. The molecule has 0 saturated heterocycles. The monoisotopic (exact) mass is 381 g/mol. The highest BCUT2D eigenvalue weighted by atomic mass is 35.5. The van der Waals surface area contributed by atoms with Crippen LogP contribution >= 0.6 is 22.9 Å². The second-order valence-electron chi connectivity index (χ2n) is 6.71. The van der Waals surface area contributed by atoms with Crippen molar-refractivity contribution in [3.63, 3.8) is 0 Å². The van der Waals surface area contributed by atoms with E-state index in [-0.39, 0.29) is 0 Å². The first-order valence-electron chi connectivity index (χ1n) is 8.56. The minimum absolute atomic E-state index is 0.590. The summed E-state index contributed by atoms with van der Waals surface area (Å²) in [6.45, 7) is 0. The van der Waals surface area contributed by atoms with Crippen LogP contribution < -0.4 is 0 Å². The molecule has 3 aromatic heterocycles. The van der Waals surface area contributed by atoms with Gasteiger partial charge in [0.05, 0.1) is 9.90 Å². The summed E-state index contributed by atoms with van der Waals surface area (Å²) in [6, 6.07) is 12.2. The number of pyridine rings is 1. The number of aromatic amines is 1. The number of halogens is 1. The number of nitrogens with one attached hydrogen (secondary N) is 1. The largest absolute Gasteiger partial charge is 0.383 e. The van der Waals surface area contributed by atoms with Gasteiger partial charge in [-0.25, -0.2) is 9.97 Å². The van der Waals surface area contributed by atoms with Crippen LogP contribution in [0.4, 0.5) is 0 Å². The molecule has 0 atom stereocenters. The molecule has 130 valence electrons. The van der Waals surface area contributed by atoms with Crippen LogP contribution in [-0.4, -0.2) is 20.1 Å². The maximum Gasteiger partial charge on any atom is 0.138 e. The van der Waals surface area contributed by atoms with Crippen LogP contribution in [0.25, 0.3) is 32.7 Å².